The van der Waals surface area contributed by atoms with E-state index in [-0.39, 0.29) is 28.6 Å². The van der Waals surface area contributed by atoms with Gasteiger partial charge in [-0.1, -0.05) is 0 Å². The number of phenols is 2. The molecule has 2 aromatic carbocycles. The van der Waals surface area contributed by atoms with Crippen molar-refractivity contribution < 1.29 is 19.4 Å². The number of anilines is 1. The van der Waals surface area contributed by atoms with Crippen LogP contribution in [0.25, 0.3) is 22.0 Å². The van der Waals surface area contributed by atoms with Crippen LogP contribution in [0.15, 0.2) is 42.6 Å². The van der Waals surface area contributed by atoms with Gasteiger partial charge in [-0.05, 0) is 42.0 Å². The van der Waals surface area contributed by atoms with Gasteiger partial charge in [0.2, 0.25) is 5.91 Å². The Bertz CT molecular complexity index is 925. The lowest BCUT2D eigenvalue weighted by atomic mass is 9.99. The summed E-state index contributed by atoms with van der Waals surface area (Å²) < 4.78 is 13.5. The van der Waals surface area contributed by atoms with E-state index >= 15 is 0 Å². The van der Waals surface area contributed by atoms with Crippen LogP contribution in [0.1, 0.15) is 6.92 Å². The Hall–Kier alpha value is -3.15. The first-order valence-electron chi connectivity index (χ1n) is 6.84. The molecule has 1 amide bonds. The minimum absolute atomic E-state index is 0.0793. The number of halogens is 1. The molecule has 0 bridgehead atoms. The lowest BCUT2D eigenvalue weighted by Gasteiger charge is -2.12. The highest BCUT2D eigenvalue weighted by atomic mass is 19.1. The SMILES string of the molecule is CC(=O)Nc1ccc2c(-c3cc(F)ccc3O)ccnc2c1O. The Labute approximate surface area is 131 Å². The quantitative estimate of drug-likeness (QED) is 0.633. The highest BCUT2D eigenvalue weighted by Crippen LogP contribution is 2.39. The lowest BCUT2D eigenvalue weighted by molar-refractivity contribution is -0.114. The van der Waals surface area contributed by atoms with Crippen molar-refractivity contribution in [2.45, 2.75) is 6.92 Å². The zero-order valence-corrected chi connectivity index (χ0v) is 12.2. The minimum atomic E-state index is -0.484. The van der Waals surface area contributed by atoms with Gasteiger partial charge < -0.3 is 15.5 Å². The van der Waals surface area contributed by atoms with Crippen LogP contribution in [0, 0.1) is 5.82 Å². The molecule has 3 aromatic rings. The molecule has 1 aromatic heterocycles. The summed E-state index contributed by atoms with van der Waals surface area (Å²) in [5.74, 6) is -1.07. The number of hydrogen-bond acceptors (Lipinski definition) is 4. The molecule has 0 saturated carbocycles. The predicted molar refractivity (Wildman–Crippen MR) is 84.8 cm³/mol. The Kier molecular flexibility index (Phi) is 3.57. The summed E-state index contributed by atoms with van der Waals surface area (Å²) in [6.45, 7) is 1.33. The number of amides is 1. The van der Waals surface area contributed by atoms with Gasteiger partial charge in [-0.15, -0.1) is 0 Å². The molecule has 6 heteroatoms. The number of aromatic hydroxyl groups is 2. The molecule has 23 heavy (non-hydrogen) atoms. The molecule has 5 nitrogen and oxygen atoms in total. The second-order valence-corrected chi connectivity index (χ2v) is 5.06. The van der Waals surface area contributed by atoms with Gasteiger partial charge in [0.05, 0.1) is 5.69 Å². The lowest BCUT2D eigenvalue weighted by Crippen LogP contribution is -2.06. The van der Waals surface area contributed by atoms with Gasteiger partial charge in [-0.3, -0.25) is 9.78 Å². The molecule has 0 fully saturated rings. The van der Waals surface area contributed by atoms with Crippen LogP contribution in [0.3, 0.4) is 0 Å². The molecule has 0 unspecified atom stereocenters. The average Bonchev–Trinajstić information content (AvgIpc) is 2.52. The maximum atomic E-state index is 13.5. The molecule has 0 aliphatic heterocycles. The molecule has 3 N–H and O–H groups in total. The third-order valence-electron chi connectivity index (χ3n) is 3.45. The molecule has 0 spiro atoms. The largest absolute Gasteiger partial charge is 0.507 e. The number of hydrogen-bond donors (Lipinski definition) is 3. The summed E-state index contributed by atoms with van der Waals surface area (Å²) in [5, 5.41) is 23.3. The number of pyridine rings is 1. The van der Waals surface area contributed by atoms with E-state index in [2.05, 4.69) is 10.3 Å². The van der Waals surface area contributed by atoms with Crippen molar-refractivity contribution in [1.29, 1.82) is 0 Å². The molecule has 0 saturated heterocycles. The van der Waals surface area contributed by atoms with Crippen LogP contribution < -0.4 is 5.32 Å². The molecule has 0 atom stereocenters. The van der Waals surface area contributed by atoms with Crippen LogP contribution in [0.4, 0.5) is 10.1 Å². The monoisotopic (exact) mass is 312 g/mol. The summed E-state index contributed by atoms with van der Waals surface area (Å²) in [5.41, 5.74) is 1.30. The average molecular weight is 312 g/mol. The van der Waals surface area contributed by atoms with E-state index < -0.39 is 5.82 Å². The standard InChI is InChI=1S/C17H13FN2O3/c1-9(21)20-14-4-3-12-11(6-7-19-16(12)17(14)23)13-8-10(18)2-5-15(13)22/h2-8,22-23H,1H3,(H,20,21). The number of nitrogens with one attached hydrogen (secondary N) is 1. The molecule has 0 aliphatic rings. The first-order chi connectivity index (χ1) is 11.0. The maximum Gasteiger partial charge on any atom is 0.221 e. The van der Waals surface area contributed by atoms with Crippen molar-refractivity contribution in [2.24, 2.45) is 0 Å². The van der Waals surface area contributed by atoms with E-state index in [0.29, 0.717) is 16.5 Å². The molecule has 1 heterocycles. The number of rotatable bonds is 2. The third kappa shape index (κ3) is 2.66. The summed E-state index contributed by atoms with van der Waals surface area (Å²) in [6.07, 6.45) is 1.44. The van der Waals surface area contributed by atoms with Crippen molar-refractivity contribution in [3.8, 4) is 22.6 Å². The Balaban J connectivity index is 2.26. The van der Waals surface area contributed by atoms with Gasteiger partial charge in [-0.2, -0.15) is 0 Å². The zero-order valence-electron chi connectivity index (χ0n) is 12.2. The van der Waals surface area contributed by atoms with Gasteiger partial charge in [0.25, 0.3) is 0 Å². The van der Waals surface area contributed by atoms with Crippen molar-refractivity contribution in [2.75, 3.05) is 5.32 Å². The predicted octanol–water partition coefficient (Wildman–Crippen LogP) is 3.41. The first kappa shape index (κ1) is 14.8. The van der Waals surface area contributed by atoms with Gasteiger partial charge in [0.1, 0.15) is 17.1 Å². The summed E-state index contributed by atoms with van der Waals surface area (Å²) >= 11 is 0. The maximum absolute atomic E-state index is 13.5. The minimum Gasteiger partial charge on any atom is -0.507 e. The van der Waals surface area contributed by atoms with Crippen molar-refractivity contribution in [3.05, 3.63) is 48.4 Å². The molecule has 0 aliphatic carbocycles. The highest BCUT2D eigenvalue weighted by Gasteiger charge is 2.14. The van der Waals surface area contributed by atoms with Crippen molar-refractivity contribution >= 4 is 22.5 Å². The number of carbonyl (C=O) groups excluding carboxylic acids is 1. The molecule has 0 radical (unpaired) electrons. The fourth-order valence-electron chi connectivity index (χ4n) is 2.45. The van der Waals surface area contributed by atoms with Crippen LogP contribution in [0.5, 0.6) is 11.5 Å². The summed E-state index contributed by atoms with van der Waals surface area (Å²) in [7, 11) is 0. The van der Waals surface area contributed by atoms with E-state index in [0.717, 1.165) is 6.07 Å². The number of nitrogens with zero attached hydrogens (tertiary/aromatic N) is 1. The molecular formula is C17H13FN2O3. The third-order valence-corrected chi connectivity index (χ3v) is 3.45. The van der Waals surface area contributed by atoms with Gasteiger partial charge in [0.15, 0.2) is 5.75 Å². The van der Waals surface area contributed by atoms with E-state index in [1.807, 2.05) is 0 Å². The van der Waals surface area contributed by atoms with Crippen LogP contribution in [-0.2, 0) is 4.79 Å². The number of benzene rings is 2. The normalized spacial score (nSPS) is 10.7. The molecular weight excluding hydrogens is 299 g/mol. The van der Waals surface area contributed by atoms with Crippen LogP contribution >= 0.6 is 0 Å². The Morgan fingerprint density at radius 2 is 1.91 bits per heavy atom. The van der Waals surface area contributed by atoms with Crippen molar-refractivity contribution in [3.63, 3.8) is 0 Å². The highest BCUT2D eigenvalue weighted by molar-refractivity contribution is 6.03. The van der Waals surface area contributed by atoms with Gasteiger partial charge >= 0.3 is 0 Å². The number of phenolic OH excluding ortho intramolecular Hbond substituents is 2. The van der Waals surface area contributed by atoms with E-state index in [1.54, 1.807) is 12.1 Å². The molecule has 3 rings (SSSR count). The van der Waals surface area contributed by atoms with Crippen LogP contribution in [0.2, 0.25) is 0 Å². The smallest absolute Gasteiger partial charge is 0.221 e. The number of fused-ring (bicyclic) bond motifs is 1. The Morgan fingerprint density at radius 1 is 1.13 bits per heavy atom. The summed E-state index contributed by atoms with van der Waals surface area (Å²) in [6, 6.07) is 8.43. The van der Waals surface area contributed by atoms with Crippen molar-refractivity contribution in [1.82, 2.24) is 4.98 Å². The Morgan fingerprint density at radius 3 is 2.65 bits per heavy atom. The molecule has 116 valence electrons. The van der Waals surface area contributed by atoms with E-state index in [1.165, 1.54) is 31.3 Å². The topological polar surface area (TPSA) is 82.5 Å². The van der Waals surface area contributed by atoms with Gasteiger partial charge in [-0.25, -0.2) is 4.39 Å². The fraction of sp³-hybridized carbons (Fsp3) is 0.0588. The van der Waals surface area contributed by atoms with E-state index in [9.17, 15) is 19.4 Å². The first-order valence-corrected chi connectivity index (χ1v) is 6.84. The summed E-state index contributed by atoms with van der Waals surface area (Å²) in [4.78, 5) is 15.3. The van der Waals surface area contributed by atoms with E-state index in [4.69, 9.17) is 0 Å². The number of aromatic nitrogens is 1. The second-order valence-electron chi connectivity index (χ2n) is 5.06. The second kappa shape index (κ2) is 5.57. The van der Waals surface area contributed by atoms with Crippen LogP contribution in [-0.4, -0.2) is 21.1 Å². The fourth-order valence-corrected chi connectivity index (χ4v) is 2.45. The number of carbonyl (C=O) groups is 1. The van der Waals surface area contributed by atoms with Gasteiger partial charge in [0, 0.05) is 24.1 Å². The zero-order chi connectivity index (χ0) is 16.6.